The zero-order valence-electron chi connectivity index (χ0n) is 17.6. The number of hydrogen-bond donors (Lipinski definition) is 1. The van der Waals surface area contributed by atoms with Crippen LogP contribution in [0.15, 0.2) is 18.2 Å². The number of carbonyl (C=O) groups is 1. The van der Waals surface area contributed by atoms with Crippen LogP contribution in [0, 0.1) is 0 Å². The van der Waals surface area contributed by atoms with Gasteiger partial charge >= 0.3 is 0 Å². The Morgan fingerprint density at radius 3 is 2.57 bits per heavy atom. The van der Waals surface area contributed by atoms with E-state index in [1.54, 1.807) is 11.1 Å². The predicted molar refractivity (Wildman–Crippen MR) is 115 cm³/mol. The van der Waals surface area contributed by atoms with Crippen molar-refractivity contribution in [2.75, 3.05) is 37.6 Å². The van der Waals surface area contributed by atoms with E-state index in [9.17, 15) is 4.79 Å². The Hall–Kier alpha value is -1.59. The molecule has 154 valence electrons. The van der Waals surface area contributed by atoms with Crippen molar-refractivity contribution >= 4 is 11.6 Å². The van der Waals surface area contributed by atoms with Crippen LogP contribution in [0.4, 0.5) is 5.69 Å². The quantitative estimate of drug-likeness (QED) is 0.847. The second-order valence-corrected chi connectivity index (χ2v) is 8.74. The lowest BCUT2D eigenvalue weighted by molar-refractivity contribution is -0.136. The minimum atomic E-state index is -0.0218. The molecule has 2 N–H and O–H groups in total. The summed E-state index contributed by atoms with van der Waals surface area (Å²) in [4.78, 5) is 20.0. The van der Waals surface area contributed by atoms with Gasteiger partial charge in [0.1, 0.15) is 0 Å². The molecule has 2 heterocycles. The van der Waals surface area contributed by atoms with Crippen molar-refractivity contribution < 1.29 is 4.79 Å². The molecule has 5 heteroatoms. The zero-order valence-corrected chi connectivity index (χ0v) is 17.6. The van der Waals surface area contributed by atoms with Gasteiger partial charge in [0.25, 0.3) is 0 Å². The minimum absolute atomic E-state index is 0.0218. The third kappa shape index (κ3) is 3.79. The first-order chi connectivity index (χ1) is 13.6. The first-order valence-corrected chi connectivity index (χ1v) is 11.3. The van der Waals surface area contributed by atoms with Crippen LogP contribution >= 0.6 is 0 Å². The third-order valence-electron chi connectivity index (χ3n) is 7.11. The molecule has 0 saturated carbocycles. The maximum Gasteiger partial charge on any atom is 0.239 e. The fraction of sp³-hybridized carbons (Fsp3) is 0.696. The number of benzene rings is 1. The Morgan fingerprint density at radius 2 is 1.86 bits per heavy atom. The number of rotatable bonds is 5. The zero-order chi connectivity index (χ0) is 19.7. The van der Waals surface area contributed by atoms with Gasteiger partial charge in [-0.15, -0.1) is 0 Å². The van der Waals surface area contributed by atoms with Crippen molar-refractivity contribution in [3.05, 3.63) is 29.3 Å². The molecular formula is C23H36N4O. The molecule has 5 nitrogen and oxygen atoms in total. The number of carbonyl (C=O) groups excluding carboxylic acids is 1. The average molecular weight is 385 g/mol. The van der Waals surface area contributed by atoms with E-state index in [0.29, 0.717) is 6.04 Å². The largest absolute Gasteiger partial charge is 0.371 e. The summed E-state index contributed by atoms with van der Waals surface area (Å²) >= 11 is 0. The first-order valence-electron chi connectivity index (χ1n) is 11.3. The monoisotopic (exact) mass is 384 g/mol. The standard InChI is InChI=1S/C23H36N4O/c1-3-25(4-2)23(28)22-15-19(24)16-27(22)20-10-12-26(13-11-20)21-9-8-17-6-5-7-18(17)14-21/h8-9,14,19-20,22H,3-7,10-13,15-16,24H2,1-2H3/t19-,22+/m1/s1. The molecule has 2 aliphatic heterocycles. The molecule has 0 spiro atoms. The maximum absolute atomic E-state index is 13.0. The van der Waals surface area contributed by atoms with Gasteiger partial charge < -0.3 is 15.5 Å². The van der Waals surface area contributed by atoms with Gasteiger partial charge in [0.2, 0.25) is 5.91 Å². The number of hydrogen-bond acceptors (Lipinski definition) is 4. The molecule has 1 aromatic carbocycles. The second-order valence-electron chi connectivity index (χ2n) is 8.74. The average Bonchev–Trinajstić information content (AvgIpc) is 3.34. The number of anilines is 1. The lowest BCUT2D eigenvalue weighted by Gasteiger charge is -2.40. The van der Waals surface area contributed by atoms with Gasteiger partial charge in [-0.2, -0.15) is 0 Å². The molecule has 0 bridgehead atoms. The van der Waals surface area contributed by atoms with Gasteiger partial charge in [0.15, 0.2) is 0 Å². The van der Waals surface area contributed by atoms with Crippen molar-refractivity contribution in [1.82, 2.24) is 9.80 Å². The number of fused-ring (bicyclic) bond motifs is 1. The van der Waals surface area contributed by atoms with Crippen LogP contribution in [0.5, 0.6) is 0 Å². The number of likely N-dealkylation sites (N-methyl/N-ethyl adjacent to an activating group) is 1. The van der Waals surface area contributed by atoms with Crippen LogP contribution in [0.25, 0.3) is 0 Å². The first kappa shape index (κ1) is 19.7. The van der Waals surface area contributed by atoms with E-state index < -0.39 is 0 Å². The van der Waals surface area contributed by atoms with E-state index in [0.717, 1.165) is 52.0 Å². The van der Waals surface area contributed by atoms with Gasteiger partial charge in [0, 0.05) is 50.5 Å². The summed E-state index contributed by atoms with van der Waals surface area (Å²) in [6.45, 7) is 8.70. The molecule has 4 rings (SSSR count). The third-order valence-corrected chi connectivity index (χ3v) is 7.11. The summed E-state index contributed by atoms with van der Waals surface area (Å²) in [5.41, 5.74) is 10.8. The molecule has 0 aromatic heterocycles. The lowest BCUT2D eigenvalue weighted by Crippen LogP contribution is -2.52. The van der Waals surface area contributed by atoms with Gasteiger partial charge in [-0.05, 0) is 75.6 Å². The summed E-state index contributed by atoms with van der Waals surface area (Å²) in [5.74, 6) is 0.277. The molecule has 1 aliphatic carbocycles. The summed E-state index contributed by atoms with van der Waals surface area (Å²) in [7, 11) is 0. The van der Waals surface area contributed by atoms with E-state index in [4.69, 9.17) is 5.73 Å². The number of nitrogens with zero attached hydrogens (tertiary/aromatic N) is 3. The minimum Gasteiger partial charge on any atom is -0.371 e. The van der Waals surface area contributed by atoms with Crippen molar-refractivity contribution in [2.45, 2.75) is 70.5 Å². The molecule has 2 saturated heterocycles. The van der Waals surface area contributed by atoms with E-state index in [1.807, 2.05) is 4.90 Å². The highest BCUT2D eigenvalue weighted by Gasteiger charge is 2.41. The summed E-state index contributed by atoms with van der Waals surface area (Å²) in [6, 6.07) is 7.64. The Bertz CT molecular complexity index is 694. The van der Waals surface area contributed by atoms with Crippen molar-refractivity contribution in [3.8, 4) is 0 Å². The van der Waals surface area contributed by atoms with E-state index in [2.05, 4.69) is 41.8 Å². The van der Waals surface area contributed by atoms with Gasteiger partial charge in [-0.25, -0.2) is 0 Å². The highest BCUT2D eigenvalue weighted by Crippen LogP contribution is 2.31. The van der Waals surface area contributed by atoms with Gasteiger partial charge in [0.05, 0.1) is 6.04 Å². The lowest BCUT2D eigenvalue weighted by atomic mass is 10.00. The smallest absolute Gasteiger partial charge is 0.239 e. The summed E-state index contributed by atoms with van der Waals surface area (Å²) in [5, 5.41) is 0. The number of amides is 1. The summed E-state index contributed by atoms with van der Waals surface area (Å²) < 4.78 is 0. The summed E-state index contributed by atoms with van der Waals surface area (Å²) in [6.07, 6.45) is 6.82. The fourth-order valence-corrected chi connectivity index (χ4v) is 5.50. The maximum atomic E-state index is 13.0. The highest BCUT2D eigenvalue weighted by atomic mass is 16.2. The molecule has 0 radical (unpaired) electrons. The van der Waals surface area contributed by atoms with Crippen molar-refractivity contribution in [1.29, 1.82) is 0 Å². The number of piperidine rings is 1. The van der Waals surface area contributed by atoms with Gasteiger partial charge in [-0.3, -0.25) is 9.69 Å². The Kier molecular flexibility index (Phi) is 5.93. The SMILES string of the molecule is CCN(CC)C(=O)[C@@H]1C[C@@H](N)CN1C1CCN(c2ccc3c(c2)CCC3)CC1. The predicted octanol–water partition coefficient (Wildman–Crippen LogP) is 2.41. The Balaban J connectivity index is 1.40. The van der Waals surface area contributed by atoms with Crippen molar-refractivity contribution in [2.24, 2.45) is 5.73 Å². The fourth-order valence-electron chi connectivity index (χ4n) is 5.50. The van der Waals surface area contributed by atoms with Gasteiger partial charge in [-0.1, -0.05) is 6.07 Å². The molecule has 28 heavy (non-hydrogen) atoms. The molecule has 1 amide bonds. The Morgan fingerprint density at radius 1 is 1.14 bits per heavy atom. The van der Waals surface area contributed by atoms with Crippen LogP contribution < -0.4 is 10.6 Å². The molecule has 2 fully saturated rings. The highest BCUT2D eigenvalue weighted by molar-refractivity contribution is 5.82. The molecular weight excluding hydrogens is 348 g/mol. The molecule has 2 atom stereocenters. The molecule has 3 aliphatic rings. The molecule has 0 unspecified atom stereocenters. The van der Waals surface area contributed by atoms with Crippen LogP contribution in [0.2, 0.25) is 0 Å². The number of aryl methyl sites for hydroxylation is 2. The van der Waals surface area contributed by atoms with Crippen molar-refractivity contribution in [3.63, 3.8) is 0 Å². The van der Waals surface area contributed by atoms with E-state index >= 15 is 0 Å². The van der Waals surface area contributed by atoms with Crippen LogP contribution in [0.3, 0.4) is 0 Å². The van der Waals surface area contributed by atoms with E-state index in [-0.39, 0.29) is 18.0 Å². The Labute approximate surface area is 169 Å². The second kappa shape index (κ2) is 8.42. The van der Waals surface area contributed by atoms with Crippen LogP contribution in [-0.2, 0) is 17.6 Å². The molecule has 1 aromatic rings. The topological polar surface area (TPSA) is 52.8 Å². The van der Waals surface area contributed by atoms with E-state index in [1.165, 1.54) is 24.9 Å². The normalized spacial score (nSPS) is 25.9. The number of nitrogens with two attached hydrogens (primary N) is 1. The number of likely N-dealkylation sites (tertiary alicyclic amines) is 1. The van der Waals surface area contributed by atoms with Crippen LogP contribution in [0.1, 0.15) is 50.7 Å². The van der Waals surface area contributed by atoms with Crippen LogP contribution in [-0.4, -0.2) is 66.6 Å².